The minimum atomic E-state index is -1.84. The summed E-state index contributed by atoms with van der Waals surface area (Å²) in [6, 6.07) is 24.0. The number of rotatable bonds is 8. The van der Waals surface area contributed by atoms with Gasteiger partial charge in [-0.2, -0.15) is 0 Å². The molecule has 38 heavy (non-hydrogen) atoms. The summed E-state index contributed by atoms with van der Waals surface area (Å²) < 4.78 is 15.8. The van der Waals surface area contributed by atoms with Gasteiger partial charge in [-0.15, -0.1) is 0 Å². The van der Waals surface area contributed by atoms with E-state index in [2.05, 4.69) is 0 Å². The topological polar surface area (TPSA) is 140 Å². The number of benzene rings is 3. The van der Waals surface area contributed by atoms with Crippen LogP contribution in [0.2, 0.25) is 0 Å². The molecule has 0 aromatic heterocycles. The van der Waals surface area contributed by atoms with Gasteiger partial charge >= 0.3 is 11.9 Å². The first-order valence-corrected chi connectivity index (χ1v) is 12.1. The molecule has 1 heterocycles. The largest absolute Gasteiger partial charge is 0.459 e. The Hall–Kier alpha value is -3.89. The number of hydrogen-bond acceptors (Lipinski definition) is 9. The molecule has 198 valence electrons. The molecule has 0 unspecified atom stereocenters. The molecule has 1 aliphatic heterocycles. The Morgan fingerprint density at radius 3 is 2.13 bits per heavy atom. The van der Waals surface area contributed by atoms with E-state index < -0.39 is 48.6 Å². The van der Waals surface area contributed by atoms with Gasteiger partial charge in [0.15, 0.2) is 11.9 Å². The fourth-order valence-corrected chi connectivity index (χ4v) is 4.01. The fourth-order valence-electron chi connectivity index (χ4n) is 4.01. The Bertz CT molecular complexity index is 1260. The molecule has 3 aromatic carbocycles. The van der Waals surface area contributed by atoms with Crippen LogP contribution in [0.25, 0.3) is 0 Å². The average molecular weight is 521 g/mol. The minimum Gasteiger partial charge on any atom is -0.459 e. The zero-order chi connectivity index (χ0) is 27.2. The maximum atomic E-state index is 12.9. The molecule has 6 atom stereocenters. The van der Waals surface area contributed by atoms with Gasteiger partial charge in [0.2, 0.25) is 6.29 Å². The van der Waals surface area contributed by atoms with Crippen molar-refractivity contribution in [2.24, 2.45) is 0 Å². The van der Waals surface area contributed by atoms with Crippen molar-refractivity contribution >= 4 is 17.7 Å². The Morgan fingerprint density at radius 1 is 0.816 bits per heavy atom. The summed E-state index contributed by atoms with van der Waals surface area (Å²) in [7, 11) is 0. The third-order valence-electron chi connectivity index (χ3n) is 6.30. The van der Waals surface area contributed by atoms with Crippen LogP contribution in [0.4, 0.5) is 0 Å². The van der Waals surface area contributed by atoms with Crippen LogP contribution in [0.15, 0.2) is 84.9 Å². The van der Waals surface area contributed by atoms with E-state index in [1.165, 1.54) is 0 Å². The van der Waals surface area contributed by atoms with Crippen molar-refractivity contribution in [2.45, 2.75) is 50.2 Å². The highest BCUT2D eigenvalue weighted by atomic mass is 16.7. The lowest BCUT2D eigenvalue weighted by Crippen LogP contribution is -2.61. The van der Waals surface area contributed by atoms with Crippen molar-refractivity contribution in [3.8, 4) is 0 Å². The van der Waals surface area contributed by atoms with Crippen LogP contribution in [0.1, 0.15) is 39.9 Å². The van der Waals surface area contributed by atoms with E-state index in [4.69, 9.17) is 14.2 Å². The summed E-state index contributed by atoms with van der Waals surface area (Å²) in [5, 5.41) is 30.9. The van der Waals surface area contributed by atoms with Crippen LogP contribution >= 0.6 is 0 Å². The summed E-state index contributed by atoms with van der Waals surface area (Å²) in [6.45, 7) is 1.44. The molecule has 0 saturated carbocycles. The van der Waals surface area contributed by atoms with E-state index in [-0.39, 0.29) is 12.4 Å². The zero-order valence-electron chi connectivity index (χ0n) is 20.5. The van der Waals surface area contributed by atoms with Crippen LogP contribution in [0, 0.1) is 0 Å². The number of esters is 2. The second kappa shape index (κ2) is 12.1. The molecule has 0 bridgehead atoms. The molecule has 3 aromatic rings. The van der Waals surface area contributed by atoms with Gasteiger partial charge in [0.1, 0.15) is 24.9 Å². The highest BCUT2D eigenvalue weighted by molar-refractivity contribution is 6.09. The number of ether oxygens (including phenoxy) is 3. The lowest BCUT2D eigenvalue weighted by atomic mass is 9.95. The van der Waals surface area contributed by atoms with E-state index in [9.17, 15) is 29.7 Å². The molecule has 1 saturated heterocycles. The predicted molar refractivity (Wildman–Crippen MR) is 134 cm³/mol. The molecular formula is C29H28O9. The molecule has 4 rings (SSSR count). The van der Waals surface area contributed by atoms with Gasteiger partial charge < -0.3 is 29.5 Å². The minimum absolute atomic E-state index is 0.107. The molecule has 3 N–H and O–H groups in total. The lowest BCUT2D eigenvalue weighted by Gasteiger charge is -2.38. The molecule has 0 amide bonds. The number of aliphatic hydroxyl groups is 3. The number of ketones is 1. The first-order valence-electron chi connectivity index (χ1n) is 12.1. The van der Waals surface area contributed by atoms with Gasteiger partial charge in [0, 0.05) is 11.1 Å². The number of hydrogen-bond donors (Lipinski definition) is 3. The molecule has 0 spiro atoms. The van der Waals surface area contributed by atoms with E-state index in [1.54, 1.807) is 91.9 Å². The van der Waals surface area contributed by atoms with Gasteiger partial charge in [0.05, 0.1) is 5.92 Å². The van der Waals surface area contributed by atoms with Crippen molar-refractivity contribution < 1.29 is 43.9 Å². The van der Waals surface area contributed by atoms with Crippen LogP contribution in [-0.2, 0) is 30.4 Å². The zero-order valence-corrected chi connectivity index (χ0v) is 20.5. The predicted octanol–water partition coefficient (Wildman–Crippen LogP) is 2.12. The monoisotopic (exact) mass is 520 g/mol. The second-order valence-electron chi connectivity index (χ2n) is 8.97. The number of carbonyl (C=O) groups excluding carboxylic acids is 3. The lowest BCUT2D eigenvalue weighted by molar-refractivity contribution is -0.288. The summed E-state index contributed by atoms with van der Waals surface area (Å²) in [6.07, 6.45) is -8.90. The van der Waals surface area contributed by atoms with Crippen LogP contribution in [-0.4, -0.2) is 63.7 Å². The second-order valence-corrected chi connectivity index (χ2v) is 8.97. The number of aliphatic hydroxyl groups excluding tert-OH is 3. The number of carbonyl (C=O) groups is 3. The summed E-state index contributed by atoms with van der Waals surface area (Å²) in [5.41, 5.74) is 2.04. The molecular weight excluding hydrogens is 492 g/mol. The fraction of sp³-hybridized carbons (Fsp3) is 0.276. The molecule has 0 aliphatic carbocycles. The Labute approximate surface area is 219 Å². The Kier molecular flexibility index (Phi) is 8.65. The van der Waals surface area contributed by atoms with E-state index >= 15 is 0 Å². The van der Waals surface area contributed by atoms with Gasteiger partial charge in [-0.3, -0.25) is 9.59 Å². The van der Waals surface area contributed by atoms with E-state index in [0.717, 1.165) is 0 Å². The van der Waals surface area contributed by atoms with Crippen molar-refractivity contribution in [1.82, 2.24) is 0 Å². The summed E-state index contributed by atoms with van der Waals surface area (Å²) >= 11 is 0. The summed E-state index contributed by atoms with van der Waals surface area (Å²) in [4.78, 5) is 38.3. The standard InChI is InChI=1S/C29H28O9/c1-17(20-13-8-14-21(15-20)22(30)19-11-6-3-7-12-19)27(34)38-29-25(33)23(31)24(32)26(37-29)28(35)36-16-18-9-4-2-5-10-18/h2-15,17,23-26,29,31-33H,16H2,1H3/t17-,23+,24-,25-,26+,29-/m0/s1. The molecule has 0 radical (unpaired) electrons. The van der Waals surface area contributed by atoms with Gasteiger partial charge in [-0.25, -0.2) is 4.79 Å². The van der Waals surface area contributed by atoms with E-state index in [1.807, 2.05) is 0 Å². The van der Waals surface area contributed by atoms with Crippen LogP contribution in [0.5, 0.6) is 0 Å². The molecule has 9 heteroatoms. The highest BCUT2D eigenvalue weighted by Crippen LogP contribution is 2.26. The Morgan fingerprint density at radius 2 is 1.45 bits per heavy atom. The Balaban J connectivity index is 1.42. The maximum absolute atomic E-state index is 12.9. The van der Waals surface area contributed by atoms with Crippen LogP contribution in [0.3, 0.4) is 0 Å². The van der Waals surface area contributed by atoms with Crippen LogP contribution < -0.4 is 0 Å². The molecule has 9 nitrogen and oxygen atoms in total. The quantitative estimate of drug-likeness (QED) is 0.301. The SMILES string of the molecule is C[C@H](C(=O)O[C@@H]1O[C@@H](C(=O)OCc2ccccc2)[C@@H](O)[C@@H](O)[C@@H]1O)c1cccc(C(=O)c2ccccc2)c1. The van der Waals surface area contributed by atoms with Crippen molar-refractivity contribution in [2.75, 3.05) is 0 Å². The molecule has 1 aliphatic rings. The third kappa shape index (κ3) is 6.15. The first-order chi connectivity index (χ1) is 18.3. The average Bonchev–Trinajstić information content (AvgIpc) is 2.96. The van der Waals surface area contributed by atoms with Crippen molar-refractivity contribution in [3.63, 3.8) is 0 Å². The van der Waals surface area contributed by atoms with Crippen molar-refractivity contribution in [1.29, 1.82) is 0 Å². The third-order valence-corrected chi connectivity index (χ3v) is 6.30. The normalized spacial score (nSPS) is 23.7. The van der Waals surface area contributed by atoms with Crippen molar-refractivity contribution in [3.05, 3.63) is 107 Å². The van der Waals surface area contributed by atoms with Gasteiger partial charge in [-0.1, -0.05) is 78.9 Å². The van der Waals surface area contributed by atoms with Gasteiger partial charge in [-0.05, 0) is 24.1 Å². The first kappa shape index (κ1) is 27.2. The van der Waals surface area contributed by atoms with Gasteiger partial charge in [0.25, 0.3) is 0 Å². The summed E-state index contributed by atoms with van der Waals surface area (Å²) in [5.74, 6) is -2.93. The van der Waals surface area contributed by atoms with E-state index in [0.29, 0.717) is 22.3 Å². The smallest absolute Gasteiger partial charge is 0.338 e. The highest BCUT2D eigenvalue weighted by Gasteiger charge is 2.49. The molecule has 1 fully saturated rings. The maximum Gasteiger partial charge on any atom is 0.338 e.